The van der Waals surface area contributed by atoms with Crippen LogP contribution in [-0.4, -0.2) is 30.9 Å². The first kappa shape index (κ1) is 21.4. The molecule has 1 amide bonds. The maximum atomic E-state index is 12.9. The highest BCUT2D eigenvalue weighted by atomic mass is 32.1. The van der Waals surface area contributed by atoms with Crippen molar-refractivity contribution in [1.29, 1.82) is 5.41 Å². The molecule has 0 fully saturated rings. The van der Waals surface area contributed by atoms with Gasteiger partial charge in [0, 0.05) is 23.8 Å². The third-order valence-corrected chi connectivity index (χ3v) is 4.94. The summed E-state index contributed by atoms with van der Waals surface area (Å²) >= 11 is 1.33. The van der Waals surface area contributed by atoms with Crippen molar-refractivity contribution in [2.75, 3.05) is 23.9 Å². The van der Waals surface area contributed by atoms with E-state index in [2.05, 4.69) is 17.2 Å². The molecule has 0 atom stereocenters. The second kappa shape index (κ2) is 10.4. The van der Waals surface area contributed by atoms with Crippen molar-refractivity contribution >= 4 is 45.2 Å². The first-order valence-electron chi connectivity index (χ1n) is 9.28. The molecule has 0 radical (unpaired) electrons. The predicted molar refractivity (Wildman–Crippen MR) is 118 cm³/mol. The van der Waals surface area contributed by atoms with Crippen LogP contribution in [0.25, 0.3) is 10.2 Å². The molecular weight excluding hydrogens is 372 g/mol. The number of aromatic nitrogens is 1. The van der Waals surface area contributed by atoms with Gasteiger partial charge in [-0.2, -0.15) is 0 Å². The number of rotatable bonds is 7. The Kier molecular flexibility index (Phi) is 7.95. The van der Waals surface area contributed by atoms with Gasteiger partial charge in [-0.05, 0) is 42.8 Å². The van der Waals surface area contributed by atoms with Crippen molar-refractivity contribution in [1.82, 2.24) is 4.98 Å². The van der Waals surface area contributed by atoms with E-state index in [4.69, 9.17) is 10.1 Å². The smallest absolute Gasteiger partial charge is 0.273 e. The number of methoxy groups -OCH3 is 1. The van der Waals surface area contributed by atoms with Crippen molar-refractivity contribution in [2.45, 2.75) is 27.2 Å². The number of anilines is 2. The third kappa shape index (κ3) is 4.67. The Morgan fingerprint density at radius 1 is 1.29 bits per heavy atom. The summed E-state index contributed by atoms with van der Waals surface area (Å²) in [5.74, 6) is 0.443. The molecule has 2 N–H and O–H groups in total. The Morgan fingerprint density at radius 2 is 2.00 bits per heavy atom. The van der Waals surface area contributed by atoms with Gasteiger partial charge in [-0.3, -0.25) is 15.1 Å². The second-order valence-corrected chi connectivity index (χ2v) is 6.65. The molecule has 1 aromatic carbocycles. The molecule has 3 rings (SSSR count). The summed E-state index contributed by atoms with van der Waals surface area (Å²) in [5.41, 5.74) is 1.58. The highest BCUT2D eigenvalue weighted by molar-refractivity contribution is 7.20. The van der Waals surface area contributed by atoms with Crippen molar-refractivity contribution in [3.8, 4) is 5.75 Å². The molecule has 28 heavy (non-hydrogen) atoms. The fraction of sp³-hybridized carbons (Fsp3) is 0.286. The molecule has 0 saturated carbocycles. The lowest BCUT2D eigenvalue weighted by atomic mass is 10.2. The van der Waals surface area contributed by atoms with Crippen LogP contribution in [0.2, 0.25) is 0 Å². The van der Waals surface area contributed by atoms with Crippen molar-refractivity contribution in [2.24, 2.45) is 0 Å². The maximum absolute atomic E-state index is 12.9. The number of fused-ring (bicyclic) bond motifs is 1. The topological polar surface area (TPSA) is 78.3 Å². The monoisotopic (exact) mass is 398 g/mol. The molecule has 0 spiro atoms. The standard InChI is InChI=1S/C19H20N4O2S.C2H6/c1-3-9-21-16-8-10-22-18-15(16)11-17(26-18)19(24)23(12-20)13-4-6-14(25-2)7-5-13;1-2/h4-8,10-12,20H,3,9H2,1-2H3,(H,21,22);1-2H3. The largest absolute Gasteiger partial charge is 0.497 e. The minimum Gasteiger partial charge on any atom is -0.497 e. The number of hydrogen-bond donors (Lipinski definition) is 2. The van der Waals surface area contributed by atoms with Crippen LogP contribution in [0.3, 0.4) is 0 Å². The third-order valence-electron chi connectivity index (χ3n) is 3.91. The maximum Gasteiger partial charge on any atom is 0.273 e. The number of benzene rings is 1. The highest BCUT2D eigenvalue weighted by Crippen LogP contribution is 2.31. The number of nitrogens with zero attached hydrogens (tertiary/aromatic N) is 2. The van der Waals surface area contributed by atoms with E-state index < -0.39 is 0 Å². The average molecular weight is 399 g/mol. The van der Waals surface area contributed by atoms with E-state index in [1.54, 1.807) is 37.6 Å². The summed E-state index contributed by atoms with van der Waals surface area (Å²) < 4.78 is 5.14. The molecule has 3 aromatic rings. The van der Waals surface area contributed by atoms with E-state index in [9.17, 15) is 4.79 Å². The Hall–Kier alpha value is -2.93. The zero-order valence-corrected chi connectivity index (χ0v) is 17.5. The molecule has 0 unspecified atom stereocenters. The average Bonchev–Trinajstić information content (AvgIpc) is 3.19. The first-order valence-corrected chi connectivity index (χ1v) is 10.1. The SMILES string of the molecule is CC.CCCNc1ccnc2sc(C(=O)N(C=N)c3ccc(OC)cc3)cc12. The second-order valence-electron chi connectivity index (χ2n) is 5.62. The van der Waals surface area contributed by atoms with Gasteiger partial charge in [0.05, 0.1) is 24.0 Å². The van der Waals surface area contributed by atoms with E-state index in [0.717, 1.165) is 35.2 Å². The van der Waals surface area contributed by atoms with Crippen LogP contribution < -0.4 is 15.0 Å². The number of hydrogen-bond acceptors (Lipinski definition) is 6. The number of nitrogens with one attached hydrogen (secondary N) is 2. The van der Waals surface area contributed by atoms with Gasteiger partial charge < -0.3 is 10.1 Å². The summed E-state index contributed by atoms with van der Waals surface area (Å²) in [6.07, 6.45) is 3.78. The van der Waals surface area contributed by atoms with Crippen LogP contribution in [0.4, 0.5) is 11.4 Å². The van der Waals surface area contributed by atoms with Gasteiger partial charge in [0.1, 0.15) is 10.6 Å². The predicted octanol–water partition coefficient (Wildman–Crippen LogP) is 5.41. The normalized spacial score (nSPS) is 10.0. The van der Waals surface area contributed by atoms with Crippen LogP contribution in [0.15, 0.2) is 42.6 Å². The van der Waals surface area contributed by atoms with Crippen LogP contribution in [0, 0.1) is 5.41 Å². The minimum atomic E-state index is -0.255. The summed E-state index contributed by atoms with van der Waals surface area (Å²) in [7, 11) is 1.59. The molecule has 2 heterocycles. The van der Waals surface area contributed by atoms with Gasteiger partial charge in [0.15, 0.2) is 0 Å². The molecule has 7 heteroatoms. The van der Waals surface area contributed by atoms with Crippen molar-refractivity contribution in [3.05, 3.63) is 47.5 Å². The molecule has 0 aliphatic carbocycles. The van der Waals surface area contributed by atoms with Gasteiger partial charge >= 0.3 is 0 Å². The first-order chi connectivity index (χ1) is 13.7. The number of amides is 1. The lowest BCUT2D eigenvalue weighted by Gasteiger charge is -2.16. The molecule has 0 saturated heterocycles. The fourth-order valence-corrected chi connectivity index (χ4v) is 3.53. The molecule has 0 bridgehead atoms. The van der Waals surface area contributed by atoms with Gasteiger partial charge in [-0.1, -0.05) is 20.8 Å². The number of carbonyl (C=O) groups is 1. The summed E-state index contributed by atoms with van der Waals surface area (Å²) in [4.78, 5) is 19.9. The Morgan fingerprint density at radius 3 is 2.61 bits per heavy atom. The van der Waals surface area contributed by atoms with E-state index in [0.29, 0.717) is 16.3 Å². The Labute approximate surface area is 169 Å². The summed E-state index contributed by atoms with van der Waals surface area (Å²) in [5, 5.41) is 12.0. The fourth-order valence-electron chi connectivity index (χ4n) is 2.57. The minimum absolute atomic E-state index is 0.255. The highest BCUT2D eigenvalue weighted by Gasteiger charge is 2.20. The molecule has 6 nitrogen and oxygen atoms in total. The van der Waals surface area contributed by atoms with Gasteiger partial charge in [0.25, 0.3) is 5.91 Å². The van der Waals surface area contributed by atoms with Crippen molar-refractivity contribution in [3.63, 3.8) is 0 Å². The molecular formula is C21H26N4O2S. The zero-order valence-electron chi connectivity index (χ0n) is 16.7. The number of thiophene rings is 1. The summed E-state index contributed by atoms with van der Waals surface area (Å²) in [6, 6.07) is 10.8. The number of pyridine rings is 1. The van der Waals surface area contributed by atoms with E-state index in [1.165, 1.54) is 16.2 Å². The van der Waals surface area contributed by atoms with E-state index in [-0.39, 0.29) is 5.91 Å². The van der Waals surface area contributed by atoms with Gasteiger partial charge in [-0.15, -0.1) is 11.3 Å². The number of carbonyl (C=O) groups excluding carboxylic acids is 1. The van der Waals surface area contributed by atoms with Crippen LogP contribution in [-0.2, 0) is 0 Å². The lowest BCUT2D eigenvalue weighted by molar-refractivity contribution is 0.101. The number of ether oxygens (including phenoxy) is 1. The zero-order chi connectivity index (χ0) is 20.5. The van der Waals surface area contributed by atoms with Crippen LogP contribution in [0.1, 0.15) is 36.9 Å². The Bertz CT molecular complexity index is 922. The van der Waals surface area contributed by atoms with Crippen LogP contribution in [0.5, 0.6) is 5.75 Å². The summed E-state index contributed by atoms with van der Waals surface area (Å²) in [6.45, 7) is 6.96. The molecule has 0 aliphatic rings. The van der Waals surface area contributed by atoms with E-state index >= 15 is 0 Å². The molecule has 148 valence electrons. The molecule has 2 aromatic heterocycles. The van der Waals surface area contributed by atoms with Crippen LogP contribution >= 0.6 is 11.3 Å². The quantitative estimate of drug-likeness (QED) is 0.412. The van der Waals surface area contributed by atoms with Gasteiger partial charge in [-0.25, -0.2) is 4.98 Å². The lowest BCUT2D eigenvalue weighted by Crippen LogP contribution is -2.28. The molecule has 0 aliphatic heterocycles. The Balaban J connectivity index is 0.00000136. The van der Waals surface area contributed by atoms with Crippen molar-refractivity contribution < 1.29 is 9.53 Å². The van der Waals surface area contributed by atoms with Gasteiger partial charge in [0.2, 0.25) is 0 Å². The van der Waals surface area contributed by atoms with E-state index in [1.807, 2.05) is 26.0 Å².